The van der Waals surface area contributed by atoms with Crippen molar-refractivity contribution in [3.8, 4) is 17.1 Å². The number of anilines is 1. The monoisotopic (exact) mass is 364 g/mol. The van der Waals surface area contributed by atoms with Crippen molar-refractivity contribution < 1.29 is 4.74 Å². The predicted octanol–water partition coefficient (Wildman–Crippen LogP) is 2.48. The molecule has 0 radical (unpaired) electrons. The van der Waals surface area contributed by atoms with E-state index in [9.17, 15) is 0 Å². The molecule has 1 saturated heterocycles. The van der Waals surface area contributed by atoms with Gasteiger partial charge in [-0.1, -0.05) is 0 Å². The molecule has 1 aliphatic heterocycles. The van der Waals surface area contributed by atoms with Gasteiger partial charge in [0, 0.05) is 49.4 Å². The van der Waals surface area contributed by atoms with E-state index < -0.39 is 0 Å². The van der Waals surface area contributed by atoms with Crippen molar-refractivity contribution in [2.45, 2.75) is 31.7 Å². The molecule has 0 bridgehead atoms. The Labute approximate surface area is 158 Å². The van der Waals surface area contributed by atoms with Crippen molar-refractivity contribution in [1.82, 2.24) is 24.9 Å². The van der Waals surface area contributed by atoms with E-state index in [1.165, 1.54) is 12.8 Å². The van der Waals surface area contributed by atoms with Crippen molar-refractivity contribution in [3.05, 3.63) is 36.2 Å². The zero-order valence-corrected chi connectivity index (χ0v) is 15.7. The second-order valence-electron chi connectivity index (χ2n) is 7.47. The number of nitrogens with zero attached hydrogens (tertiary/aromatic N) is 5. The largest absolute Gasteiger partial charge is 0.481 e. The summed E-state index contributed by atoms with van der Waals surface area (Å²) < 4.78 is 7.34. The van der Waals surface area contributed by atoms with Crippen LogP contribution in [0.5, 0.6) is 5.88 Å². The van der Waals surface area contributed by atoms with E-state index in [2.05, 4.69) is 34.3 Å². The van der Waals surface area contributed by atoms with Gasteiger partial charge >= 0.3 is 0 Å². The normalized spacial score (nSPS) is 20.2. The Hall–Kier alpha value is -2.67. The second kappa shape index (κ2) is 6.49. The number of hydrogen-bond acceptors (Lipinski definition) is 6. The van der Waals surface area contributed by atoms with Crippen LogP contribution in [-0.2, 0) is 0 Å². The van der Waals surface area contributed by atoms with E-state index in [4.69, 9.17) is 14.8 Å². The van der Waals surface area contributed by atoms with Crippen LogP contribution in [0.2, 0.25) is 0 Å². The molecule has 7 heteroatoms. The number of aromatic nitrogens is 4. The van der Waals surface area contributed by atoms with E-state index in [1.54, 1.807) is 13.3 Å². The number of ether oxygens (including phenoxy) is 1. The summed E-state index contributed by atoms with van der Waals surface area (Å²) in [5, 5.41) is 8.47. The molecule has 2 fully saturated rings. The van der Waals surface area contributed by atoms with Crippen molar-refractivity contribution in [3.63, 3.8) is 0 Å². The predicted molar refractivity (Wildman–Crippen MR) is 104 cm³/mol. The number of nitrogens with one attached hydrogen (secondary N) is 1. The number of methoxy groups -OCH3 is 1. The number of fused-ring (bicyclic) bond motifs is 1. The van der Waals surface area contributed by atoms with Gasteiger partial charge in [-0.3, -0.25) is 0 Å². The molecule has 1 N–H and O–H groups in total. The topological polar surface area (TPSA) is 67.6 Å². The molecular weight excluding hydrogens is 340 g/mol. The fourth-order valence-electron chi connectivity index (χ4n) is 3.83. The molecule has 3 aromatic heterocycles. The number of piperazine rings is 1. The van der Waals surface area contributed by atoms with E-state index in [0.717, 1.165) is 48.1 Å². The van der Waals surface area contributed by atoms with E-state index >= 15 is 0 Å². The fourth-order valence-corrected chi connectivity index (χ4v) is 3.83. The summed E-state index contributed by atoms with van der Waals surface area (Å²) in [5.41, 5.74) is 4.16. The summed E-state index contributed by atoms with van der Waals surface area (Å²) in [7, 11) is 1.64. The third kappa shape index (κ3) is 3.02. The molecule has 1 atom stereocenters. The molecule has 0 unspecified atom stereocenters. The van der Waals surface area contributed by atoms with Crippen LogP contribution in [0.4, 0.5) is 5.82 Å². The van der Waals surface area contributed by atoms with Crippen LogP contribution in [0.1, 0.15) is 31.4 Å². The third-order valence-electron chi connectivity index (χ3n) is 5.36. The van der Waals surface area contributed by atoms with Crippen molar-refractivity contribution in [2.75, 3.05) is 31.6 Å². The first-order chi connectivity index (χ1) is 13.2. The minimum Gasteiger partial charge on any atom is -0.481 e. The van der Waals surface area contributed by atoms with Crippen molar-refractivity contribution in [1.29, 1.82) is 0 Å². The molecule has 27 heavy (non-hydrogen) atoms. The number of pyridine rings is 1. The van der Waals surface area contributed by atoms with E-state index in [1.807, 2.05) is 16.6 Å². The van der Waals surface area contributed by atoms with Gasteiger partial charge in [0.15, 0.2) is 5.65 Å². The van der Waals surface area contributed by atoms with Crippen molar-refractivity contribution in [2.24, 2.45) is 0 Å². The Kier molecular flexibility index (Phi) is 3.97. The molecule has 1 aliphatic carbocycles. The minimum absolute atomic E-state index is 0.463. The Morgan fingerprint density at radius 3 is 2.89 bits per heavy atom. The summed E-state index contributed by atoms with van der Waals surface area (Å²) in [6.45, 7) is 5.11. The SMILES string of the molecule is COc1cc(-c2c(C3CC3)nc3ccc(N4CCN[C@H](C)C4)nn23)ccn1. The Morgan fingerprint density at radius 1 is 1.22 bits per heavy atom. The summed E-state index contributed by atoms with van der Waals surface area (Å²) in [5.74, 6) is 2.14. The lowest BCUT2D eigenvalue weighted by Crippen LogP contribution is -2.49. The number of imidazole rings is 1. The van der Waals surface area contributed by atoms with Gasteiger partial charge in [0.1, 0.15) is 5.82 Å². The van der Waals surface area contributed by atoms with E-state index in [-0.39, 0.29) is 0 Å². The van der Waals surface area contributed by atoms with Crippen molar-refractivity contribution >= 4 is 11.5 Å². The van der Waals surface area contributed by atoms with Gasteiger partial charge in [-0.05, 0) is 38.0 Å². The quantitative estimate of drug-likeness (QED) is 0.767. The van der Waals surface area contributed by atoms with Gasteiger partial charge in [-0.2, -0.15) is 0 Å². The summed E-state index contributed by atoms with van der Waals surface area (Å²) in [6, 6.07) is 8.62. The lowest BCUT2D eigenvalue weighted by molar-refractivity contribution is 0.398. The molecule has 2 aliphatic rings. The summed E-state index contributed by atoms with van der Waals surface area (Å²) in [4.78, 5) is 11.5. The summed E-state index contributed by atoms with van der Waals surface area (Å²) in [6.07, 6.45) is 4.18. The van der Waals surface area contributed by atoms with Crippen LogP contribution in [0.25, 0.3) is 16.9 Å². The lowest BCUT2D eigenvalue weighted by Gasteiger charge is -2.32. The zero-order chi connectivity index (χ0) is 18.4. The highest BCUT2D eigenvalue weighted by molar-refractivity contribution is 5.69. The standard InChI is InChI=1S/C20H24N6O/c1-13-12-25(10-9-21-13)17-6-5-16-23-19(14-3-4-14)20(26(16)24-17)15-7-8-22-18(11-15)27-2/h5-8,11,13-14,21H,3-4,9-10,12H2,1-2H3/t13-/m1/s1. The van der Waals surface area contributed by atoms with Gasteiger partial charge in [0.2, 0.25) is 5.88 Å². The zero-order valence-electron chi connectivity index (χ0n) is 15.7. The Morgan fingerprint density at radius 2 is 2.11 bits per heavy atom. The van der Waals surface area contributed by atoms with Crippen LogP contribution in [-0.4, -0.2) is 52.4 Å². The van der Waals surface area contributed by atoms with Gasteiger partial charge < -0.3 is 15.0 Å². The molecule has 3 aromatic rings. The summed E-state index contributed by atoms with van der Waals surface area (Å²) >= 11 is 0. The molecule has 4 heterocycles. The maximum absolute atomic E-state index is 5.34. The molecule has 140 valence electrons. The highest BCUT2D eigenvalue weighted by atomic mass is 16.5. The average Bonchev–Trinajstić information content (AvgIpc) is 3.48. The maximum atomic E-state index is 5.34. The van der Waals surface area contributed by atoms with Gasteiger partial charge in [-0.25, -0.2) is 14.5 Å². The van der Waals surface area contributed by atoms with Crippen LogP contribution >= 0.6 is 0 Å². The van der Waals surface area contributed by atoms with Gasteiger partial charge in [0.05, 0.1) is 18.5 Å². The molecule has 7 nitrogen and oxygen atoms in total. The second-order valence-corrected chi connectivity index (χ2v) is 7.47. The lowest BCUT2D eigenvalue weighted by atomic mass is 10.1. The minimum atomic E-state index is 0.463. The molecule has 0 spiro atoms. The Balaban J connectivity index is 1.65. The average molecular weight is 364 g/mol. The van der Waals surface area contributed by atoms with Crippen LogP contribution in [0.15, 0.2) is 30.5 Å². The molecule has 0 amide bonds. The number of rotatable bonds is 4. The first-order valence-electron chi connectivity index (χ1n) is 9.61. The molecule has 5 rings (SSSR count). The maximum Gasteiger partial charge on any atom is 0.213 e. The molecule has 0 aromatic carbocycles. The van der Waals surface area contributed by atoms with Gasteiger partial charge in [-0.15, -0.1) is 5.10 Å². The van der Waals surface area contributed by atoms with Crippen LogP contribution in [0, 0.1) is 0 Å². The Bertz CT molecular complexity index is 980. The van der Waals surface area contributed by atoms with E-state index in [0.29, 0.717) is 17.8 Å². The number of hydrogen-bond donors (Lipinski definition) is 1. The first kappa shape index (κ1) is 16.5. The highest BCUT2D eigenvalue weighted by Gasteiger charge is 2.31. The fraction of sp³-hybridized carbons (Fsp3) is 0.450. The third-order valence-corrected chi connectivity index (χ3v) is 5.36. The van der Waals surface area contributed by atoms with Crippen LogP contribution in [0.3, 0.4) is 0 Å². The molecule has 1 saturated carbocycles. The highest BCUT2D eigenvalue weighted by Crippen LogP contribution is 2.44. The van der Waals surface area contributed by atoms with Gasteiger partial charge in [0.25, 0.3) is 0 Å². The van der Waals surface area contributed by atoms with Crippen LogP contribution < -0.4 is 15.0 Å². The smallest absolute Gasteiger partial charge is 0.213 e. The molecular formula is C20H24N6O. The first-order valence-corrected chi connectivity index (χ1v) is 9.61.